The van der Waals surface area contributed by atoms with Crippen molar-refractivity contribution in [3.05, 3.63) is 0 Å². The van der Waals surface area contributed by atoms with Gasteiger partial charge < -0.3 is 20.2 Å². The first-order valence-electron chi connectivity index (χ1n) is 7.21. The van der Waals surface area contributed by atoms with Crippen molar-refractivity contribution < 1.29 is 19.5 Å². The summed E-state index contributed by atoms with van der Waals surface area (Å²) in [6.07, 6.45) is 1.09. The predicted molar refractivity (Wildman–Crippen MR) is 77.9 cm³/mol. The van der Waals surface area contributed by atoms with Crippen LogP contribution in [0.25, 0.3) is 0 Å². The molecule has 1 fully saturated rings. The Balaban J connectivity index is 2.62. The second kappa shape index (κ2) is 6.78. The number of carboxylic acid groups (broad SMARTS) is 1. The van der Waals surface area contributed by atoms with Gasteiger partial charge in [0.1, 0.15) is 12.1 Å². The molecular weight excluding hydrogens is 274 g/mol. The normalized spacial score (nSPS) is 21.5. The van der Waals surface area contributed by atoms with E-state index in [0.29, 0.717) is 31.8 Å². The maximum Gasteiger partial charge on any atom is 0.329 e. The minimum absolute atomic E-state index is 0.0717. The Morgan fingerprint density at radius 3 is 2.52 bits per heavy atom. The van der Waals surface area contributed by atoms with Crippen molar-refractivity contribution in [2.24, 2.45) is 5.92 Å². The van der Waals surface area contributed by atoms with E-state index in [1.165, 1.54) is 16.8 Å². The summed E-state index contributed by atoms with van der Waals surface area (Å²) in [5.41, 5.74) is -1.18. The standard InChI is InChI=1S/C14H25N3O4/c1-10(2)8-15-11(18)9-16(4)13(21)17-7-5-6-14(17,3)12(19)20/h10H,5-9H2,1-4H3,(H,15,18)(H,19,20). The number of urea groups is 1. The molecule has 0 aromatic carbocycles. The number of nitrogens with one attached hydrogen (secondary N) is 1. The highest BCUT2D eigenvalue weighted by Gasteiger charge is 2.46. The van der Waals surface area contributed by atoms with Gasteiger partial charge in [-0.15, -0.1) is 0 Å². The van der Waals surface area contributed by atoms with Crippen LogP contribution in [-0.2, 0) is 9.59 Å². The van der Waals surface area contributed by atoms with Crippen molar-refractivity contribution in [1.82, 2.24) is 15.1 Å². The van der Waals surface area contributed by atoms with Crippen LogP contribution in [0.4, 0.5) is 4.79 Å². The molecule has 0 aliphatic carbocycles. The summed E-state index contributed by atoms with van der Waals surface area (Å²) in [6.45, 7) is 6.40. The average Bonchev–Trinajstić information content (AvgIpc) is 2.79. The average molecular weight is 299 g/mol. The molecule has 3 amide bonds. The Bertz CT molecular complexity index is 424. The third-order valence-corrected chi connectivity index (χ3v) is 3.75. The van der Waals surface area contributed by atoms with Crippen LogP contribution in [0.2, 0.25) is 0 Å². The molecule has 1 unspecified atom stereocenters. The summed E-state index contributed by atoms with van der Waals surface area (Å²) in [6, 6.07) is -0.419. The highest BCUT2D eigenvalue weighted by atomic mass is 16.4. The fourth-order valence-electron chi connectivity index (χ4n) is 2.36. The van der Waals surface area contributed by atoms with E-state index in [1.807, 2.05) is 13.8 Å². The van der Waals surface area contributed by atoms with E-state index in [4.69, 9.17) is 0 Å². The van der Waals surface area contributed by atoms with Crippen molar-refractivity contribution in [3.8, 4) is 0 Å². The molecule has 0 bridgehead atoms. The van der Waals surface area contributed by atoms with Crippen LogP contribution in [0.3, 0.4) is 0 Å². The molecule has 7 nitrogen and oxygen atoms in total. The lowest BCUT2D eigenvalue weighted by atomic mass is 10.00. The third-order valence-electron chi connectivity index (χ3n) is 3.75. The van der Waals surface area contributed by atoms with Gasteiger partial charge in [0, 0.05) is 20.1 Å². The Kier molecular flexibility index (Phi) is 5.57. The number of carbonyl (C=O) groups excluding carboxylic acids is 2. The number of likely N-dealkylation sites (tertiary alicyclic amines) is 1. The number of hydrogen-bond donors (Lipinski definition) is 2. The summed E-state index contributed by atoms with van der Waals surface area (Å²) in [4.78, 5) is 38.1. The number of nitrogens with zero attached hydrogens (tertiary/aromatic N) is 2. The van der Waals surface area contributed by atoms with E-state index in [2.05, 4.69) is 5.32 Å². The highest BCUT2D eigenvalue weighted by molar-refractivity contribution is 5.89. The lowest BCUT2D eigenvalue weighted by Crippen LogP contribution is -2.55. The van der Waals surface area contributed by atoms with Gasteiger partial charge in [-0.1, -0.05) is 13.8 Å². The Morgan fingerprint density at radius 1 is 1.38 bits per heavy atom. The number of hydrogen-bond acceptors (Lipinski definition) is 3. The molecule has 1 aliphatic rings. The van der Waals surface area contributed by atoms with E-state index in [0.717, 1.165) is 0 Å². The van der Waals surface area contributed by atoms with E-state index in [1.54, 1.807) is 6.92 Å². The van der Waals surface area contributed by atoms with Gasteiger partial charge >= 0.3 is 12.0 Å². The zero-order valence-electron chi connectivity index (χ0n) is 13.2. The maximum atomic E-state index is 12.3. The Hall–Kier alpha value is -1.79. The van der Waals surface area contributed by atoms with E-state index in [-0.39, 0.29) is 12.5 Å². The lowest BCUT2D eigenvalue weighted by molar-refractivity contribution is -0.147. The molecule has 0 saturated carbocycles. The van der Waals surface area contributed by atoms with Crippen molar-refractivity contribution in [1.29, 1.82) is 0 Å². The van der Waals surface area contributed by atoms with E-state index in [9.17, 15) is 19.5 Å². The number of rotatable bonds is 5. The minimum Gasteiger partial charge on any atom is -0.480 e. The van der Waals surface area contributed by atoms with Crippen molar-refractivity contribution in [3.63, 3.8) is 0 Å². The largest absolute Gasteiger partial charge is 0.480 e. The molecule has 1 aliphatic heterocycles. The van der Waals surface area contributed by atoms with Crippen molar-refractivity contribution >= 4 is 17.9 Å². The molecule has 21 heavy (non-hydrogen) atoms. The quantitative estimate of drug-likeness (QED) is 0.784. The van der Waals surface area contributed by atoms with Crippen LogP contribution in [0, 0.1) is 5.92 Å². The topological polar surface area (TPSA) is 90.0 Å². The number of aliphatic carboxylic acids is 1. The van der Waals surface area contributed by atoms with Gasteiger partial charge in [-0.05, 0) is 25.7 Å². The van der Waals surface area contributed by atoms with Crippen molar-refractivity contribution in [2.75, 3.05) is 26.7 Å². The third kappa shape index (κ3) is 4.09. The first-order chi connectivity index (χ1) is 9.68. The van der Waals surface area contributed by atoms with Crippen LogP contribution in [-0.4, -0.2) is 65.0 Å². The van der Waals surface area contributed by atoms with Crippen LogP contribution in [0.15, 0.2) is 0 Å². The molecule has 0 aromatic rings. The number of amides is 3. The molecule has 2 N–H and O–H groups in total. The second-order valence-corrected chi connectivity index (χ2v) is 6.17. The molecule has 1 heterocycles. The van der Waals surface area contributed by atoms with Crippen LogP contribution < -0.4 is 5.32 Å². The molecule has 1 saturated heterocycles. The zero-order chi connectivity index (χ0) is 16.2. The summed E-state index contributed by atoms with van der Waals surface area (Å²) in [5, 5.41) is 12.0. The summed E-state index contributed by atoms with van der Waals surface area (Å²) >= 11 is 0. The maximum absolute atomic E-state index is 12.3. The smallest absolute Gasteiger partial charge is 0.329 e. The van der Waals surface area contributed by atoms with Gasteiger partial charge in [0.15, 0.2) is 0 Å². The number of carbonyl (C=O) groups is 3. The zero-order valence-corrected chi connectivity index (χ0v) is 13.2. The first-order valence-corrected chi connectivity index (χ1v) is 7.21. The minimum atomic E-state index is -1.18. The monoisotopic (exact) mass is 299 g/mol. The van der Waals surface area contributed by atoms with Crippen LogP contribution >= 0.6 is 0 Å². The molecule has 120 valence electrons. The van der Waals surface area contributed by atoms with Gasteiger partial charge in [-0.25, -0.2) is 9.59 Å². The molecular formula is C14H25N3O4. The lowest BCUT2D eigenvalue weighted by Gasteiger charge is -2.34. The molecule has 0 spiro atoms. The molecule has 0 aromatic heterocycles. The SMILES string of the molecule is CC(C)CNC(=O)CN(C)C(=O)N1CCCC1(C)C(=O)O. The second-order valence-electron chi connectivity index (χ2n) is 6.17. The fourth-order valence-corrected chi connectivity index (χ4v) is 2.36. The number of carboxylic acids is 1. The Labute approximate surface area is 125 Å². The van der Waals surface area contributed by atoms with Gasteiger partial charge in [0.05, 0.1) is 0 Å². The van der Waals surface area contributed by atoms with E-state index < -0.39 is 17.5 Å². The number of likely N-dealkylation sites (N-methyl/N-ethyl adjacent to an activating group) is 1. The molecule has 0 radical (unpaired) electrons. The molecule has 1 atom stereocenters. The van der Waals surface area contributed by atoms with Crippen molar-refractivity contribution in [2.45, 2.75) is 39.2 Å². The van der Waals surface area contributed by atoms with Crippen LogP contribution in [0.1, 0.15) is 33.6 Å². The summed E-state index contributed by atoms with van der Waals surface area (Å²) in [5.74, 6) is -0.911. The Morgan fingerprint density at radius 2 is 2.00 bits per heavy atom. The first kappa shape index (κ1) is 17.3. The van der Waals surface area contributed by atoms with Gasteiger partial charge in [0.2, 0.25) is 5.91 Å². The van der Waals surface area contributed by atoms with Crippen LogP contribution in [0.5, 0.6) is 0 Å². The predicted octanol–water partition coefficient (Wildman–Crippen LogP) is 0.750. The molecule has 7 heteroatoms. The summed E-state index contributed by atoms with van der Waals surface area (Å²) < 4.78 is 0. The van der Waals surface area contributed by atoms with Gasteiger partial charge in [0.25, 0.3) is 0 Å². The summed E-state index contributed by atoms with van der Waals surface area (Å²) in [7, 11) is 1.51. The fraction of sp³-hybridized carbons (Fsp3) is 0.786. The van der Waals surface area contributed by atoms with E-state index >= 15 is 0 Å². The van der Waals surface area contributed by atoms with Gasteiger partial charge in [-0.2, -0.15) is 0 Å². The highest BCUT2D eigenvalue weighted by Crippen LogP contribution is 2.30. The molecule has 1 rings (SSSR count). The van der Waals surface area contributed by atoms with Gasteiger partial charge in [-0.3, -0.25) is 4.79 Å².